The van der Waals surface area contributed by atoms with E-state index < -0.39 is 0 Å². The topological polar surface area (TPSA) is 26.3 Å². The molecule has 2 nitrogen and oxygen atoms in total. The Kier molecular flexibility index (Phi) is 7.76. The molecule has 0 rings (SSSR count). The molecule has 1 radical (unpaired) electrons. The predicted octanol–water partition coefficient (Wildman–Crippen LogP) is 2.60. The van der Waals surface area contributed by atoms with Crippen LogP contribution >= 0.6 is 0 Å². The van der Waals surface area contributed by atoms with Crippen molar-refractivity contribution < 1.29 is 9.53 Å². The Morgan fingerprint density at radius 1 is 1.58 bits per heavy atom. The molecule has 0 aromatic rings. The number of allylic oxidation sites excluding steroid dienone is 2. The van der Waals surface area contributed by atoms with Gasteiger partial charge in [-0.25, -0.2) is 4.79 Å². The number of unbranched alkanes of at least 4 members (excludes halogenated alkanes) is 1. The van der Waals surface area contributed by atoms with Gasteiger partial charge in [0.05, 0.1) is 0 Å². The van der Waals surface area contributed by atoms with Crippen molar-refractivity contribution >= 4 is 6.47 Å². The molecular weight excluding hydrogens is 152 g/mol. The normalized spacial score (nSPS) is 13.2. The van der Waals surface area contributed by atoms with Crippen LogP contribution in [0.3, 0.4) is 0 Å². The third-order valence-corrected chi connectivity index (χ3v) is 1.80. The Hall–Kier alpha value is -0.790. The van der Waals surface area contributed by atoms with Crippen LogP contribution in [0.5, 0.6) is 0 Å². The quantitative estimate of drug-likeness (QED) is 0.432. The van der Waals surface area contributed by atoms with E-state index in [4.69, 9.17) is 4.74 Å². The van der Waals surface area contributed by atoms with Gasteiger partial charge in [-0.2, -0.15) is 0 Å². The molecule has 0 aliphatic heterocycles. The summed E-state index contributed by atoms with van der Waals surface area (Å²) in [6, 6.07) is 0. The molecule has 0 saturated heterocycles. The standard InChI is InChI=1S/C10H17O2/c1-3-5-6-7-8-10(4-2)12-9-11/h3,5,10H,4,6-8H2,1-2H3/b5-3+. The van der Waals surface area contributed by atoms with Gasteiger partial charge >= 0.3 is 6.47 Å². The summed E-state index contributed by atoms with van der Waals surface area (Å²) in [6.07, 6.45) is 8.18. The van der Waals surface area contributed by atoms with Crippen LogP contribution in [0.2, 0.25) is 0 Å². The molecule has 12 heavy (non-hydrogen) atoms. The fourth-order valence-corrected chi connectivity index (χ4v) is 1.04. The number of ether oxygens (including phenoxy) is 1. The van der Waals surface area contributed by atoms with Crippen LogP contribution < -0.4 is 0 Å². The van der Waals surface area contributed by atoms with Crippen molar-refractivity contribution in [2.75, 3.05) is 0 Å². The summed E-state index contributed by atoms with van der Waals surface area (Å²) in [5.74, 6) is 0. The van der Waals surface area contributed by atoms with Gasteiger partial charge in [0.2, 0.25) is 0 Å². The van der Waals surface area contributed by atoms with Crippen molar-refractivity contribution in [3.63, 3.8) is 0 Å². The van der Waals surface area contributed by atoms with Gasteiger partial charge in [-0.1, -0.05) is 19.1 Å². The zero-order valence-electron chi connectivity index (χ0n) is 7.88. The summed E-state index contributed by atoms with van der Waals surface area (Å²) < 4.78 is 4.74. The van der Waals surface area contributed by atoms with E-state index in [0.717, 1.165) is 25.7 Å². The highest BCUT2D eigenvalue weighted by molar-refractivity contribution is 5.38. The van der Waals surface area contributed by atoms with Crippen molar-refractivity contribution in [1.82, 2.24) is 0 Å². The SMILES string of the molecule is C/C=C/CCCC(CC)O[C]=O. The molecule has 0 aliphatic carbocycles. The summed E-state index contributed by atoms with van der Waals surface area (Å²) in [6.45, 7) is 5.51. The zero-order chi connectivity index (χ0) is 9.23. The molecule has 1 unspecified atom stereocenters. The fourth-order valence-electron chi connectivity index (χ4n) is 1.04. The van der Waals surface area contributed by atoms with Crippen LogP contribution in [0.15, 0.2) is 12.2 Å². The van der Waals surface area contributed by atoms with Gasteiger partial charge in [-0.15, -0.1) is 0 Å². The van der Waals surface area contributed by atoms with E-state index in [2.05, 4.69) is 6.08 Å². The lowest BCUT2D eigenvalue weighted by atomic mass is 10.1. The monoisotopic (exact) mass is 169 g/mol. The Morgan fingerprint density at radius 3 is 2.83 bits per heavy atom. The maximum Gasteiger partial charge on any atom is 0.417 e. The average molecular weight is 169 g/mol. The summed E-state index contributed by atoms with van der Waals surface area (Å²) in [7, 11) is 0. The molecule has 69 valence electrons. The molecule has 2 heteroatoms. The maximum atomic E-state index is 9.90. The highest BCUT2D eigenvalue weighted by Crippen LogP contribution is 2.07. The molecule has 1 atom stereocenters. The molecular formula is C10H17O2. The molecule has 0 bridgehead atoms. The second kappa shape index (κ2) is 8.31. The Labute approximate surface area is 74.6 Å². The van der Waals surface area contributed by atoms with Gasteiger partial charge in [-0.3, -0.25) is 0 Å². The number of rotatable bonds is 7. The van der Waals surface area contributed by atoms with Crippen molar-refractivity contribution in [2.24, 2.45) is 0 Å². The van der Waals surface area contributed by atoms with Crippen LogP contribution in [-0.4, -0.2) is 12.6 Å². The first-order valence-electron chi connectivity index (χ1n) is 4.49. The van der Waals surface area contributed by atoms with E-state index in [1.165, 1.54) is 6.47 Å². The minimum Gasteiger partial charge on any atom is -0.454 e. The highest BCUT2D eigenvalue weighted by atomic mass is 16.5. The highest BCUT2D eigenvalue weighted by Gasteiger charge is 2.04. The Balaban J connectivity index is 3.37. The zero-order valence-corrected chi connectivity index (χ0v) is 7.88. The van der Waals surface area contributed by atoms with Crippen molar-refractivity contribution in [3.05, 3.63) is 12.2 Å². The first-order valence-corrected chi connectivity index (χ1v) is 4.49. The van der Waals surface area contributed by atoms with E-state index in [-0.39, 0.29) is 6.10 Å². The largest absolute Gasteiger partial charge is 0.454 e. The minimum absolute atomic E-state index is 0.0627. The lowest BCUT2D eigenvalue weighted by molar-refractivity contribution is 0.161. The smallest absolute Gasteiger partial charge is 0.417 e. The maximum absolute atomic E-state index is 9.90. The molecule has 0 fully saturated rings. The molecule has 0 heterocycles. The Bertz CT molecular complexity index is 130. The molecule has 0 N–H and O–H groups in total. The third kappa shape index (κ3) is 5.96. The van der Waals surface area contributed by atoms with E-state index >= 15 is 0 Å². The molecule has 0 amide bonds. The van der Waals surface area contributed by atoms with Crippen molar-refractivity contribution in [2.45, 2.75) is 45.6 Å². The van der Waals surface area contributed by atoms with E-state index in [1.54, 1.807) is 0 Å². The summed E-state index contributed by atoms with van der Waals surface area (Å²) in [5, 5.41) is 0. The predicted molar refractivity (Wildman–Crippen MR) is 49.5 cm³/mol. The number of carbonyl (C=O) groups excluding carboxylic acids is 1. The first-order chi connectivity index (χ1) is 5.85. The summed E-state index contributed by atoms with van der Waals surface area (Å²) in [5.41, 5.74) is 0. The van der Waals surface area contributed by atoms with Crippen LogP contribution in [0.1, 0.15) is 39.5 Å². The number of hydrogen-bond acceptors (Lipinski definition) is 2. The van der Waals surface area contributed by atoms with Gasteiger partial charge in [0, 0.05) is 0 Å². The van der Waals surface area contributed by atoms with E-state index in [0.29, 0.717) is 0 Å². The second-order valence-electron chi connectivity index (χ2n) is 2.73. The number of hydrogen-bond donors (Lipinski definition) is 0. The van der Waals surface area contributed by atoms with Crippen LogP contribution in [0, 0.1) is 0 Å². The van der Waals surface area contributed by atoms with E-state index in [9.17, 15) is 4.79 Å². The Morgan fingerprint density at radius 2 is 2.33 bits per heavy atom. The molecule has 0 aromatic carbocycles. The van der Waals surface area contributed by atoms with Gasteiger partial charge in [-0.05, 0) is 32.6 Å². The van der Waals surface area contributed by atoms with Gasteiger partial charge in [0.25, 0.3) is 0 Å². The third-order valence-electron chi connectivity index (χ3n) is 1.80. The fraction of sp³-hybridized carbons (Fsp3) is 0.700. The first kappa shape index (κ1) is 11.2. The second-order valence-corrected chi connectivity index (χ2v) is 2.73. The molecule has 0 aliphatic rings. The lowest BCUT2D eigenvalue weighted by Gasteiger charge is -2.10. The summed E-state index contributed by atoms with van der Waals surface area (Å²) in [4.78, 5) is 9.90. The summed E-state index contributed by atoms with van der Waals surface area (Å²) >= 11 is 0. The van der Waals surface area contributed by atoms with Crippen molar-refractivity contribution in [1.29, 1.82) is 0 Å². The molecule has 0 aromatic heterocycles. The van der Waals surface area contributed by atoms with E-state index in [1.807, 2.05) is 19.9 Å². The molecule has 0 spiro atoms. The van der Waals surface area contributed by atoms with Crippen molar-refractivity contribution in [3.8, 4) is 0 Å². The van der Waals surface area contributed by atoms with Crippen LogP contribution in [0.4, 0.5) is 0 Å². The van der Waals surface area contributed by atoms with Crippen LogP contribution in [-0.2, 0) is 9.53 Å². The van der Waals surface area contributed by atoms with Gasteiger partial charge < -0.3 is 4.74 Å². The average Bonchev–Trinajstić information content (AvgIpc) is 2.10. The minimum atomic E-state index is 0.0627. The van der Waals surface area contributed by atoms with Gasteiger partial charge in [0.1, 0.15) is 6.10 Å². The molecule has 0 saturated carbocycles. The van der Waals surface area contributed by atoms with Gasteiger partial charge in [0.15, 0.2) is 0 Å². The van der Waals surface area contributed by atoms with Crippen LogP contribution in [0.25, 0.3) is 0 Å². The lowest BCUT2D eigenvalue weighted by Crippen LogP contribution is -2.09.